The Balaban J connectivity index is 1.74. The number of aliphatic hydroxyl groups excluding tert-OH is 1. The summed E-state index contributed by atoms with van der Waals surface area (Å²) in [5.74, 6) is 1.15. The standard InChI is InChI=1S/C14H18F3NO2/c1-20-12-4-2-9(3-5-12)10-6-11(7-10)18-8-13(19)14(15,16)17/h2-5,10-11,13,18-19H,6-8H2,1H3. The highest BCUT2D eigenvalue weighted by molar-refractivity contribution is 5.30. The van der Waals surface area contributed by atoms with Gasteiger partial charge in [-0.15, -0.1) is 0 Å². The lowest BCUT2D eigenvalue weighted by molar-refractivity contribution is -0.202. The molecule has 2 N–H and O–H groups in total. The molecule has 1 fully saturated rings. The zero-order valence-corrected chi connectivity index (χ0v) is 11.2. The first-order chi connectivity index (χ1) is 9.40. The van der Waals surface area contributed by atoms with Crippen LogP contribution in [0.5, 0.6) is 5.75 Å². The van der Waals surface area contributed by atoms with Gasteiger partial charge in [0.2, 0.25) is 0 Å². The lowest BCUT2D eigenvalue weighted by Gasteiger charge is -2.37. The number of halogens is 3. The van der Waals surface area contributed by atoms with E-state index in [9.17, 15) is 13.2 Å². The highest BCUT2D eigenvalue weighted by atomic mass is 19.4. The van der Waals surface area contributed by atoms with Gasteiger partial charge in [-0.3, -0.25) is 0 Å². The Morgan fingerprint density at radius 1 is 1.30 bits per heavy atom. The minimum absolute atomic E-state index is 0.0408. The van der Waals surface area contributed by atoms with Gasteiger partial charge in [0.15, 0.2) is 6.10 Å². The number of ether oxygens (including phenoxy) is 1. The van der Waals surface area contributed by atoms with Gasteiger partial charge in [-0.2, -0.15) is 13.2 Å². The molecule has 1 aliphatic carbocycles. The normalized spacial score (nSPS) is 24.1. The molecule has 3 nitrogen and oxygen atoms in total. The number of nitrogens with one attached hydrogen (secondary N) is 1. The van der Waals surface area contributed by atoms with Crippen molar-refractivity contribution in [1.29, 1.82) is 0 Å². The van der Waals surface area contributed by atoms with Crippen LogP contribution in [0.15, 0.2) is 24.3 Å². The summed E-state index contributed by atoms with van der Waals surface area (Å²) < 4.78 is 41.5. The van der Waals surface area contributed by atoms with E-state index in [1.54, 1.807) is 7.11 Å². The fraction of sp³-hybridized carbons (Fsp3) is 0.571. The number of alkyl halides is 3. The molecule has 20 heavy (non-hydrogen) atoms. The van der Waals surface area contributed by atoms with E-state index in [4.69, 9.17) is 9.84 Å². The fourth-order valence-corrected chi connectivity index (χ4v) is 2.33. The molecular weight excluding hydrogens is 271 g/mol. The van der Waals surface area contributed by atoms with Gasteiger partial charge in [-0.1, -0.05) is 12.1 Å². The molecule has 1 atom stereocenters. The van der Waals surface area contributed by atoms with Crippen LogP contribution in [0.3, 0.4) is 0 Å². The average molecular weight is 289 g/mol. The summed E-state index contributed by atoms with van der Waals surface area (Å²) in [6.07, 6.45) is -5.26. The SMILES string of the molecule is COc1ccc(C2CC(NCC(O)C(F)(F)F)C2)cc1. The van der Waals surface area contributed by atoms with Crippen LogP contribution in [0.1, 0.15) is 24.3 Å². The van der Waals surface area contributed by atoms with E-state index in [1.165, 1.54) is 5.56 Å². The number of methoxy groups -OCH3 is 1. The molecule has 1 aromatic rings. The number of benzene rings is 1. The molecule has 0 heterocycles. The van der Waals surface area contributed by atoms with Gasteiger partial charge in [-0.25, -0.2) is 0 Å². The molecule has 1 saturated carbocycles. The zero-order chi connectivity index (χ0) is 14.8. The molecule has 112 valence electrons. The van der Waals surface area contributed by atoms with Gasteiger partial charge in [0.1, 0.15) is 5.75 Å². The molecular formula is C14H18F3NO2. The Bertz CT molecular complexity index is 427. The Hall–Kier alpha value is -1.27. The Labute approximate surface area is 115 Å². The van der Waals surface area contributed by atoms with Gasteiger partial charge in [-0.05, 0) is 36.5 Å². The highest BCUT2D eigenvalue weighted by Gasteiger charge is 2.39. The van der Waals surface area contributed by atoms with Gasteiger partial charge < -0.3 is 15.2 Å². The van der Waals surface area contributed by atoms with Crippen molar-refractivity contribution in [2.24, 2.45) is 0 Å². The summed E-state index contributed by atoms with van der Waals surface area (Å²) in [6.45, 7) is -0.441. The van der Waals surface area contributed by atoms with E-state index >= 15 is 0 Å². The first-order valence-corrected chi connectivity index (χ1v) is 6.52. The predicted molar refractivity (Wildman–Crippen MR) is 68.8 cm³/mol. The van der Waals surface area contributed by atoms with Gasteiger partial charge in [0, 0.05) is 12.6 Å². The molecule has 2 rings (SSSR count). The highest BCUT2D eigenvalue weighted by Crippen LogP contribution is 2.37. The topological polar surface area (TPSA) is 41.5 Å². The predicted octanol–water partition coefficient (Wildman–Crippen LogP) is 2.45. The summed E-state index contributed by atoms with van der Waals surface area (Å²) in [5.41, 5.74) is 1.17. The van der Waals surface area contributed by atoms with Gasteiger partial charge >= 0.3 is 6.18 Å². The van der Waals surface area contributed by atoms with E-state index in [2.05, 4.69) is 5.32 Å². The lowest BCUT2D eigenvalue weighted by Crippen LogP contribution is -2.46. The second-order valence-corrected chi connectivity index (χ2v) is 5.10. The maximum atomic E-state index is 12.1. The summed E-state index contributed by atoms with van der Waals surface area (Å²) in [6, 6.07) is 7.75. The van der Waals surface area contributed by atoms with Crippen LogP contribution in [0, 0.1) is 0 Å². The smallest absolute Gasteiger partial charge is 0.415 e. The van der Waals surface area contributed by atoms with Crippen molar-refractivity contribution >= 4 is 0 Å². The van der Waals surface area contributed by atoms with Crippen molar-refractivity contribution in [2.75, 3.05) is 13.7 Å². The van der Waals surface area contributed by atoms with E-state index in [1.807, 2.05) is 24.3 Å². The van der Waals surface area contributed by atoms with Crippen LogP contribution >= 0.6 is 0 Å². The minimum Gasteiger partial charge on any atom is -0.497 e. The van der Waals surface area contributed by atoms with Crippen molar-refractivity contribution in [3.63, 3.8) is 0 Å². The molecule has 0 aliphatic heterocycles. The van der Waals surface area contributed by atoms with Crippen molar-refractivity contribution in [1.82, 2.24) is 5.32 Å². The number of rotatable bonds is 5. The third-order valence-corrected chi connectivity index (χ3v) is 3.70. The maximum absolute atomic E-state index is 12.1. The van der Waals surface area contributed by atoms with Crippen molar-refractivity contribution in [3.8, 4) is 5.75 Å². The van der Waals surface area contributed by atoms with Crippen LogP contribution in [0.25, 0.3) is 0 Å². The van der Waals surface area contributed by atoms with Crippen molar-refractivity contribution < 1.29 is 23.0 Å². The summed E-state index contributed by atoms with van der Waals surface area (Å²) in [5, 5.41) is 11.6. The Morgan fingerprint density at radius 3 is 2.40 bits per heavy atom. The number of aliphatic hydroxyl groups is 1. The van der Waals surface area contributed by atoms with Crippen LogP contribution in [-0.2, 0) is 0 Å². The number of hydrogen-bond donors (Lipinski definition) is 2. The van der Waals surface area contributed by atoms with Crippen LogP contribution < -0.4 is 10.1 Å². The first-order valence-electron chi connectivity index (χ1n) is 6.52. The third-order valence-electron chi connectivity index (χ3n) is 3.70. The number of hydrogen-bond acceptors (Lipinski definition) is 3. The molecule has 0 radical (unpaired) electrons. The Morgan fingerprint density at radius 2 is 1.90 bits per heavy atom. The van der Waals surface area contributed by atoms with E-state index in [0.29, 0.717) is 5.92 Å². The fourth-order valence-electron chi connectivity index (χ4n) is 2.33. The molecule has 1 aromatic carbocycles. The van der Waals surface area contributed by atoms with E-state index in [0.717, 1.165) is 18.6 Å². The molecule has 1 aliphatic rings. The first kappa shape index (κ1) is 15.1. The molecule has 0 saturated heterocycles. The van der Waals surface area contributed by atoms with E-state index < -0.39 is 18.8 Å². The second kappa shape index (κ2) is 6.01. The summed E-state index contributed by atoms with van der Waals surface area (Å²) in [4.78, 5) is 0. The maximum Gasteiger partial charge on any atom is 0.415 e. The molecule has 0 amide bonds. The molecule has 0 bridgehead atoms. The quantitative estimate of drug-likeness (QED) is 0.875. The molecule has 6 heteroatoms. The molecule has 1 unspecified atom stereocenters. The van der Waals surface area contributed by atoms with Crippen molar-refractivity contribution in [2.45, 2.75) is 37.1 Å². The Kier molecular flexibility index (Phi) is 4.55. The summed E-state index contributed by atoms with van der Waals surface area (Å²) in [7, 11) is 1.60. The molecule has 0 aromatic heterocycles. The zero-order valence-electron chi connectivity index (χ0n) is 11.2. The summed E-state index contributed by atoms with van der Waals surface area (Å²) >= 11 is 0. The van der Waals surface area contributed by atoms with E-state index in [-0.39, 0.29) is 6.04 Å². The molecule has 0 spiro atoms. The third kappa shape index (κ3) is 3.64. The van der Waals surface area contributed by atoms with Crippen LogP contribution in [0.4, 0.5) is 13.2 Å². The van der Waals surface area contributed by atoms with Crippen LogP contribution in [-0.4, -0.2) is 37.1 Å². The monoisotopic (exact) mass is 289 g/mol. The van der Waals surface area contributed by atoms with Crippen molar-refractivity contribution in [3.05, 3.63) is 29.8 Å². The largest absolute Gasteiger partial charge is 0.497 e. The lowest BCUT2D eigenvalue weighted by atomic mass is 9.76. The van der Waals surface area contributed by atoms with Gasteiger partial charge in [0.25, 0.3) is 0 Å². The average Bonchev–Trinajstić information content (AvgIpc) is 2.36. The van der Waals surface area contributed by atoms with Crippen LogP contribution in [0.2, 0.25) is 0 Å². The van der Waals surface area contributed by atoms with Gasteiger partial charge in [0.05, 0.1) is 7.11 Å². The second-order valence-electron chi connectivity index (χ2n) is 5.10. The minimum atomic E-state index is -4.55.